The molecule has 0 radical (unpaired) electrons. The smallest absolute Gasteiger partial charge is 0.113 e. The van der Waals surface area contributed by atoms with Gasteiger partial charge in [0.15, 0.2) is 0 Å². The van der Waals surface area contributed by atoms with Gasteiger partial charge in [-0.3, -0.25) is 5.32 Å². The molecule has 0 aliphatic carbocycles. The van der Waals surface area contributed by atoms with Crippen LogP contribution in [0.15, 0.2) is 24.3 Å². The first-order valence-corrected chi connectivity index (χ1v) is 6.45. The highest BCUT2D eigenvalue weighted by Crippen LogP contribution is 2.27. The minimum Gasteiger partial charge on any atom is -0.378 e. The van der Waals surface area contributed by atoms with Crippen LogP contribution in [0.3, 0.4) is 0 Å². The first-order chi connectivity index (χ1) is 8.08. The molecule has 0 fully saturated rings. The van der Waals surface area contributed by atoms with Gasteiger partial charge in [0.05, 0.1) is 0 Å². The number of allylic oxidation sites excluding steroid dienone is 2. The van der Waals surface area contributed by atoms with E-state index in [0.29, 0.717) is 0 Å². The quantitative estimate of drug-likeness (QED) is 0.568. The van der Waals surface area contributed by atoms with Crippen LogP contribution < -0.4 is 5.32 Å². The van der Waals surface area contributed by atoms with Gasteiger partial charge in [0.25, 0.3) is 0 Å². The van der Waals surface area contributed by atoms with Crippen LogP contribution in [0.5, 0.6) is 0 Å². The van der Waals surface area contributed by atoms with E-state index in [1.54, 1.807) is 7.05 Å². The van der Waals surface area contributed by atoms with Crippen molar-refractivity contribution in [1.82, 2.24) is 10.2 Å². The molecule has 1 aliphatic heterocycles. The van der Waals surface area contributed by atoms with Crippen molar-refractivity contribution in [1.29, 1.82) is 0 Å². The molecule has 1 heterocycles. The standard InChI is InChI=1S/C14H26N2O/c1-14(13(17)15-2)9-7-5-4-6-8-11-16(3)12-10-14/h6-9,13,15,17H,4-5,10-12H2,1-3H3/b8-6-,9-7?/t13?,14-/m0/s1. The number of likely N-dealkylation sites (N-methyl/N-ethyl adjacent to an activating group) is 1. The predicted octanol–water partition coefficient (Wildman–Crippen LogP) is 1.76. The van der Waals surface area contributed by atoms with Crippen molar-refractivity contribution in [2.45, 2.75) is 32.4 Å². The van der Waals surface area contributed by atoms with E-state index in [0.717, 1.165) is 32.4 Å². The number of nitrogens with one attached hydrogen (secondary N) is 1. The molecule has 0 spiro atoms. The maximum atomic E-state index is 10.1. The van der Waals surface area contributed by atoms with Crippen molar-refractivity contribution in [3.05, 3.63) is 24.3 Å². The van der Waals surface area contributed by atoms with Crippen molar-refractivity contribution < 1.29 is 5.11 Å². The van der Waals surface area contributed by atoms with Gasteiger partial charge in [0, 0.05) is 12.0 Å². The summed E-state index contributed by atoms with van der Waals surface area (Å²) in [7, 11) is 3.93. The van der Waals surface area contributed by atoms with Gasteiger partial charge in [-0.05, 0) is 39.9 Å². The lowest BCUT2D eigenvalue weighted by molar-refractivity contribution is 0.0367. The molecule has 17 heavy (non-hydrogen) atoms. The van der Waals surface area contributed by atoms with E-state index in [-0.39, 0.29) is 5.41 Å². The number of nitrogens with zero attached hydrogens (tertiary/aromatic N) is 1. The molecule has 2 atom stereocenters. The zero-order valence-electron chi connectivity index (χ0n) is 11.3. The summed E-state index contributed by atoms with van der Waals surface area (Å²) in [4.78, 5) is 2.29. The second-order valence-corrected chi connectivity index (χ2v) is 5.16. The molecule has 0 aromatic heterocycles. The normalized spacial score (nSPS) is 31.8. The van der Waals surface area contributed by atoms with E-state index in [9.17, 15) is 5.11 Å². The number of hydrogen-bond acceptors (Lipinski definition) is 3. The third-order valence-electron chi connectivity index (χ3n) is 3.51. The van der Waals surface area contributed by atoms with Gasteiger partial charge in [0.1, 0.15) is 6.23 Å². The van der Waals surface area contributed by atoms with Crippen molar-refractivity contribution in [2.75, 3.05) is 27.2 Å². The lowest BCUT2D eigenvalue weighted by Crippen LogP contribution is -2.42. The average molecular weight is 238 g/mol. The highest BCUT2D eigenvalue weighted by molar-refractivity contribution is 5.02. The molecular formula is C14H26N2O. The highest BCUT2D eigenvalue weighted by Gasteiger charge is 2.29. The van der Waals surface area contributed by atoms with Crippen molar-refractivity contribution in [3.8, 4) is 0 Å². The van der Waals surface area contributed by atoms with E-state index in [4.69, 9.17) is 0 Å². The molecule has 0 aromatic carbocycles. The van der Waals surface area contributed by atoms with Gasteiger partial charge in [-0.25, -0.2) is 0 Å². The van der Waals surface area contributed by atoms with E-state index in [1.165, 1.54) is 0 Å². The fourth-order valence-corrected chi connectivity index (χ4v) is 2.08. The van der Waals surface area contributed by atoms with Crippen LogP contribution in [0, 0.1) is 5.41 Å². The molecule has 98 valence electrons. The van der Waals surface area contributed by atoms with Crippen LogP contribution in [-0.4, -0.2) is 43.4 Å². The fourth-order valence-electron chi connectivity index (χ4n) is 2.08. The summed E-state index contributed by atoms with van der Waals surface area (Å²) in [5, 5.41) is 13.0. The van der Waals surface area contributed by atoms with Crippen molar-refractivity contribution >= 4 is 0 Å². The molecule has 2 N–H and O–H groups in total. The summed E-state index contributed by atoms with van der Waals surface area (Å²) in [5.74, 6) is 0. The van der Waals surface area contributed by atoms with Gasteiger partial charge in [-0.1, -0.05) is 31.2 Å². The molecule has 0 aromatic rings. The van der Waals surface area contributed by atoms with E-state index >= 15 is 0 Å². The molecule has 1 unspecified atom stereocenters. The topological polar surface area (TPSA) is 35.5 Å². The Bertz CT molecular complexity index is 275. The first-order valence-electron chi connectivity index (χ1n) is 6.45. The minimum atomic E-state index is -0.485. The number of aliphatic hydroxyl groups excluding tert-OH is 1. The Morgan fingerprint density at radius 3 is 2.71 bits per heavy atom. The monoisotopic (exact) mass is 238 g/mol. The van der Waals surface area contributed by atoms with Crippen LogP contribution in [0.4, 0.5) is 0 Å². The van der Waals surface area contributed by atoms with Crippen molar-refractivity contribution in [3.63, 3.8) is 0 Å². The molecule has 1 aliphatic rings. The Hall–Kier alpha value is -0.640. The SMILES string of the molecule is CNC(O)[C@@]1(C)C=CCC/C=C\CN(C)CC1. The van der Waals surface area contributed by atoms with Crippen LogP contribution in [0.1, 0.15) is 26.2 Å². The molecule has 0 saturated carbocycles. The van der Waals surface area contributed by atoms with Crippen molar-refractivity contribution in [2.24, 2.45) is 5.41 Å². The summed E-state index contributed by atoms with van der Waals surface area (Å²) in [6.45, 7) is 4.10. The third kappa shape index (κ3) is 4.62. The Balaban J connectivity index is 2.74. The van der Waals surface area contributed by atoms with Gasteiger partial charge in [0.2, 0.25) is 0 Å². The average Bonchev–Trinajstić information content (AvgIpc) is 2.36. The zero-order chi connectivity index (χ0) is 12.7. The zero-order valence-corrected chi connectivity index (χ0v) is 11.3. The lowest BCUT2D eigenvalue weighted by Gasteiger charge is -2.33. The number of hydrogen-bond donors (Lipinski definition) is 2. The number of rotatable bonds is 2. The summed E-state index contributed by atoms with van der Waals surface area (Å²) in [6, 6.07) is 0. The summed E-state index contributed by atoms with van der Waals surface area (Å²) < 4.78 is 0. The van der Waals surface area contributed by atoms with E-state index in [1.807, 2.05) is 0 Å². The highest BCUT2D eigenvalue weighted by atomic mass is 16.3. The van der Waals surface area contributed by atoms with Crippen LogP contribution >= 0.6 is 0 Å². The Morgan fingerprint density at radius 2 is 2.00 bits per heavy atom. The Morgan fingerprint density at radius 1 is 1.29 bits per heavy atom. The van der Waals surface area contributed by atoms with Crippen LogP contribution in [0.2, 0.25) is 0 Å². The summed E-state index contributed by atoms with van der Waals surface area (Å²) in [5.41, 5.74) is -0.187. The third-order valence-corrected chi connectivity index (χ3v) is 3.51. The fraction of sp³-hybridized carbons (Fsp3) is 0.714. The summed E-state index contributed by atoms with van der Waals surface area (Å²) in [6.07, 6.45) is 11.4. The second kappa shape index (κ2) is 6.94. The second-order valence-electron chi connectivity index (χ2n) is 5.16. The Kier molecular flexibility index (Phi) is 5.89. The molecule has 0 saturated heterocycles. The minimum absolute atomic E-state index is 0.187. The first kappa shape index (κ1) is 14.4. The molecule has 0 bridgehead atoms. The van der Waals surface area contributed by atoms with Gasteiger partial charge >= 0.3 is 0 Å². The maximum Gasteiger partial charge on any atom is 0.113 e. The largest absolute Gasteiger partial charge is 0.378 e. The van der Waals surface area contributed by atoms with Crippen LogP contribution in [0.25, 0.3) is 0 Å². The number of aliphatic hydroxyl groups is 1. The predicted molar refractivity (Wildman–Crippen MR) is 72.8 cm³/mol. The molecule has 3 nitrogen and oxygen atoms in total. The van der Waals surface area contributed by atoms with Gasteiger partial charge in [-0.2, -0.15) is 0 Å². The Labute approximate surface area is 105 Å². The van der Waals surface area contributed by atoms with E-state index < -0.39 is 6.23 Å². The molecule has 0 amide bonds. The molecule has 1 rings (SSSR count). The van der Waals surface area contributed by atoms with Gasteiger partial charge < -0.3 is 10.0 Å². The molecular weight excluding hydrogens is 212 g/mol. The van der Waals surface area contributed by atoms with Crippen LogP contribution in [-0.2, 0) is 0 Å². The summed E-state index contributed by atoms with van der Waals surface area (Å²) >= 11 is 0. The molecule has 3 heteroatoms. The maximum absolute atomic E-state index is 10.1. The van der Waals surface area contributed by atoms with Gasteiger partial charge in [-0.15, -0.1) is 0 Å². The van der Waals surface area contributed by atoms with E-state index in [2.05, 4.69) is 48.5 Å². The lowest BCUT2D eigenvalue weighted by atomic mass is 9.83.